The minimum Gasteiger partial charge on any atom is -0.338 e. The number of nitrogens with zero attached hydrogens (tertiary/aromatic N) is 2. The first-order chi connectivity index (χ1) is 7.36. The fourth-order valence-electron chi connectivity index (χ4n) is 1.19. The highest BCUT2D eigenvalue weighted by atomic mass is 32.2. The number of nitrogens with two attached hydrogens (primary N) is 1. The molecule has 1 aromatic heterocycles. The number of sulfone groups is 1. The van der Waals surface area contributed by atoms with Crippen LogP contribution in [0.1, 0.15) is 49.7 Å². The van der Waals surface area contributed by atoms with E-state index < -0.39 is 15.1 Å². The van der Waals surface area contributed by atoms with Gasteiger partial charge in [0.25, 0.3) is 0 Å². The maximum Gasteiger partial charge on any atom is 0.243 e. The summed E-state index contributed by atoms with van der Waals surface area (Å²) < 4.78 is 27.5. The van der Waals surface area contributed by atoms with Crippen LogP contribution in [-0.4, -0.2) is 24.8 Å². The van der Waals surface area contributed by atoms with Crippen LogP contribution < -0.4 is 5.73 Å². The molecular formula is C9H17N3O3S. The van der Waals surface area contributed by atoms with Crippen LogP contribution in [-0.2, 0) is 9.84 Å². The van der Waals surface area contributed by atoms with Crippen molar-refractivity contribution in [1.82, 2.24) is 10.1 Å². The average Bonchev–Trinajstić information content (AvgIpc) is 2.64. The molecule has 92 valence electrons. The molecule has 16 heavy (non-hydrogen) atoms. The topological polar surface area (TPSA) is 99.1 Å². The molecule has 7 heteroatoms. The van der Waals surface area contributed by atoms with Gasteiger partial charge in [0.05, 0.1) is 6.04 Å². The first-order valence-electron chi connectivity index (χ1n) is 5.14. The molecule has 0 aromatic carbocycles. The molecule has 0 saturated carbocycles. The van der Waals surface area contributed by atoms with Gasteiger partial charge in [-0.1, -0.05) is 18.5 Å². The summed E-state index contributed by atoms with van der Waals surface area (Å²) in [6.07, 6.45) is 2.77. The van der Waals surface area contributed by atoms with Gasteiger partial charge >= 0.3 is 0 Å². The van der Waals surface area contributed by atoms with Gasteiger partial charge < -0.3 is 10.3 Å². The molecule has 0 amide bonds. The Labute approximate surface area is 95.1 Å². The minimum absolute atomic E-state index is 0.170. The van der Waals surface area contributed by atoms with Crippen LogP contribution in [0.5, 0.6) is 0 Å². The lowest BCUT2D eigenvalue weighted by Crippen LogP contribution is -2.12. The summed E-state index contributed by atoms with van der Waals surface area (Å²) in [5, 5.41) is 2.88. The molecule has 0 radical (unpaired) electrons. The van der Waals surface area contributed by atoms with E-state index in [4.69, 9.17) is 10.3 Å². The lowest BCUT2D eigenvalue weighted by Gasteiger charge is -2.03. The van der Waals surface area contributed by atoms with E-state index in [-0.39, 0.29) is 11.9 Å². The summed E-state index contributed by atoms with van der Waals surface area (Å²) in [7, 11) is -3.21. The Kier molecular flexibility index (Phi) is 4.03. The van der Waals surface area contributed by atoms with Crippen molar-refractivity contribution in [2.24, 2.45) is 5.73 Å². The number of hydrogen-bond donors (Lipinski definition) is 1. The molecule has 2 N–H and O–H groups in total. The monoisotopic (exact) mass is 247 g/mol. The zero-order valence-electron chi connectivity index (χ0n) is 9.67. The van der Waals surface area contributed by atoms with Crippen LogP contribution in [0.15, 0.2) is 4.52 Å². The molecule has 0 aliphatic carbocycles. The first kappa shape index (κ1) is 13.1. The maximum absolute atomic E-state index is 11.3. The van der Waals surface area contributed by atoms with Crippen molar-refractivity contribution in [2.75, 3.05) is 6.26 Å². The molecule has 2 atom stereocenters. The smallest absolute Gasteiger partial charge is 0.243 e. The molecule has 1 heterocycles. The Morgan fingerprint density at radius 1 is 1.50 bits per heavy atom. The third kappa shape index (κ3) is 3.02. The third-order valence-corrected chi connectivity index (χ3v) is 3.88. The predicted octanol–water partition coefficient (Wildman–Crippen LogP) is 0.975. The van der Waals surface area contributed by atoms with Crippen molar-refractivity contribution in [3.63, 3.8) is 0 Å². The predicted molar refractivity (Wildman–Crippen MR) is 59.4 cm³/mol. The van der Waals surface area contributed by atoms with Gasteiger partial charge in [0.1, 0.15) is 5.25 Å². The van der Waals surface area contributed by atoms with Crippen LogP contribution in [0.25, 0.3) is 0 Å². The number of hydrogen-bond acceptors (Lipinski definition) is 6. The Morgan fingerprint density at radius 2 is 2.12 bits per heavy atom. The second kappa shape index (κ2) is 4.92. The van der Waals surface area contributed by atoms with Gasteiger partial charge in [-0.25, -0.2) is 8.42 Å². The van der Waals surface area contributed by atoms with Gasteiger partial charge in [-0.15, -0.1) is 0 Å². The molecule has 1 rings (SSSR count). The summed E-state index contributed by atoms with van der Waals surface area (Å²) in [6.45, 7) is 3.52. The Bertz CT molecular complexity index is 441. The van der Waals surface area contributed by atoms with Crippen LogP contribution in [0.4, 0.5) is 0 Å². The third-order valence-electron chi connectivity index (χ3n) is 2.38. The molecule has 0 aliphatic rings. The zero-order chi connectivity index (χ0) is 12.3. The van der Waals surface area contributed by atoms with E-state index in [2.05, 4.69) is 10.1 Å². The molecular weight excluding hydrogens is 230 g/mol. The van der Waals surface area contributed by atoms with Crippen molar-refractivity contribution in [3.8, 4) is 0 Å². The summed E-state index contributed by atoms with van der Waals surface area (Å²) >= 11 is 0. The van der Waals surface area contributed by atoms with E-state index in [0.717, 1.165) is 19.1 Å². The van der Waals surface area contributed by atoms with Gasteiger partial charge in [0, 0.05) is 6.26 Å². The van der Waals surface area contributed by atoms with Crippen LogP contribution in [0.2, 0.25) is 0 Å². The van der Waals surface area contributed by atoms with Gasteiger partial charge in [0.2, 0.25) is 5.89 Å². The van der Waals surface area contributed by atoms with Gasteiger partial charge in [0.15, 0.2) is 15.7 Å². The van der Waals surface area contributed by atoms with Crippen molar-refractivity contribution in [2.45, 2.75) is 38.0 Å². The molecule has 0 fully saturated rings. The summed E-state index contributed by atoms with van der Waals surface area (Å²) in [6, 6.07) is -0.321. The van der Waals surface area contributed by atoms with E-state index in [9.17, 15) is 8.42 Å². The van der Waals surface area contributed by atoms with Crippen molar-refractivity contribution in [1.29, 1.82) is 0 Å². The molecule has 0 bridgehead atoms. The molecule has 0 saturated heterocycles. The minimum atomic E-state index is -3.21. The highest BCUT2D eigenvalue weighted by Crippen LogP contribution is 2.20. The molecule has 0 spiro atoms. The van der Waals surface area contributed by atoms with Crippen LogP contribution in [0, 0.1) is 0 Å². The lowest BCUT2D eigenvalue weighted by molar-refractivity contribution is 0.344. The quantitative estimate of drug-likeness (QED) is 0.832. The van der Waals surface area contributed by atoms with Crippen molar-refractivity contribution < 1.29 is 12.9 Å². The highest BCUT2D eigenvalue weighted by molar-refractivity contribution is 7.90. The van der Waals surface area contributed by atoms with E-state index in [1.54, 1.807) is 0 Å². The van der Waals surface area contributed by atoms with Gasteiger partial charge in [-0.3, -0.25) is 0 Å². The van der Waals surface area contributed by atoms with Crippen LogP contribution in [0.3, 0.4) is 0 Å². The summed E-state index contributed by atoms with van der Waals surface area (Å²) in [5.74, 6) is 0.469. The fraction of sp³-hybridized carbons (Fsp3) is 0.778. The highest BCUT2D eigenvalue weighted by Gasteiger charge is 2.24. The Hall–Kier alpha value is -0.950. The van der Waals surface area contributed by atoms with E-state index in [0.29, 0.717) is 5.89 Å². The molecule has 0 aliphatic heterocycles. The van der Waals surface area contributed by atoms with E-state index in [1.165, 1.54) is 6.92 Å². The summed E-state index contributed by atoms with van der Waals surface area (Å²) in [4.78, 5) is 4.01. The molecule has 1 aromatic rings. The maximum atomic E-state index is 11.3. The average molecular weight is 247 g/mol. The second-order valence-corrected chi connectivity index (χ2v) is 6.22. The number of aromatic nitrogens is 2. The van der Waals surface area contributed by atoms with Gasteiger partial charge in [-0.2, -0.15) is 4.98 Å². The van der Waals surface area contributed by atoms with E-state index in [1.807, 2.05) is 6.92 Å². The molecule has 1 unspecified atom stereocenters. The van der Waals surface area contributed by atoms with Gasteiger partial charge in [-0.05, 0) is 13.3 Å². The normalized spacial score (nSPS) is 16.0. The second-order valence-electron chi connectivity index (χ2n) is 3.86. The van der Waals surface area contributed by atoms with Crippen molar-refractivity contribution >= 4 is 9.84 Å². The van der Waals surface area contributed by atoms with Crippen molar-refractivity contribution in [3.05, 3.63) is 11.7 Å². The number of rotatable bonds is 5. The van der Waals surface area contributed by atoms with E-state index >= 15 is 0 Å². The standard InChI is InChI=1S/C9H17N3O3S/c1-4-5-7(10)9-11-8(12-15-9)6(2)16(3,13)14/h6-7H,4-5,10H2,1-3H3/t6?,7-/m0/s1. The first-order valence-corrected chi connectivity index (χ1v) is 7.09. The van der Waals surface area contributed by atoms with Crippen LogP contribution >= 0.6 is 0 Å². The summed E-state index contributed by atoms with van der Waals surface area (Å²) in [5.41, 5.74) is 5.78. The lowest BCUT2D eigenvalue weighted by atomic mass is 10.2. The Morgan fingerprint density at radius 3 is 2.62 bits per heavy atom. The SMILES string of the molecule is CCC[C@H](N)c1nc(C(C)S(C)(=O)=O)no1. The fourth-order valence-corrected chi connectivity index (χ4v) is 1.67. The largest absolute Gasteiger partial charge is 0.338 e. The zero-order valence-corrected chi connectivity index (χ0v) is 10.5. The Balaban J connectivity index is 2.87. The molecule has 6 nitrogen and oxygen atoms in total.